The van der Waals surface area contributed by atoms with E-state index in [1.165, 1.54) is 40.1 Å². The molecule has 1 aromatic carbocycles. The van der Waals surface area contributed by atoms with E-state index in [0.717, 1.165) is 0 Å². The molecule has 1 aromatic heterocycles. The zero-order chi connectivity index (χ0) is 21.0. The van der Waals surface area contributed by atoms with Crippen molar-refractivity contribution in [3.63, 3.8) is 0 Å². The van der Waals surface area contributed by atoms with Crippen LogP contribution >= 0.6 is 23.2 Å². The second kappa shape index (κ2) is 9.07. The highest BCUT2D eigenvalue weighted by Crippen LogP contribution is 2.49. The molecule has 1 heterocycles. The first-order valence-corrected chi connectivity index (χ1v) is 8.63. The SMILES string of the molecule is COC(=O)Cn1c(Cl)c(-c2ccc(OC)c(OC)c2OC)c(Cl)c1C(=O)OC. The zero-order valence-electron chi connectivity index (χ0n) is 15.9. The van der Waals surface area contributed by atoms with E-state index in [1.54, 1.807) is 12.1 Å². The van der Waals surface area contributed by atoms with Crippen LogP contribution in [0.5, 0.6) is 17.2 Å². The summed E-state index contributed by atoms with van der Waals surface area (Å²) in [6.07, 6.45) is 0. The van der Waals surface area contributed by atoms with Gasteiger partial charge in [-0.2, -0.15) is 0 Å². The second-order valence-corrected chi connectivity index (χ2v) is 6.10. The average molecular weight is 432 g/mol. The van der Waals surface area contributed by atoms with E-state index in [-0.39, 0.29) is 33.7 Å². The molecule has 28 heavy (non-hydrogen) atoms. The first kappa shape index (κ1) is 21.7. The lowest BCUT2D eigenvalue weighted by atomic mass is 10.1. The molecular weight excluding hydrogens is 413 g/mol. The summed E-state index contributed by atoms with van der Waals surface area (Å²) in [6.45, 7) is -0.338. The molecule has 0 atom stereocenters. The summed E-state index contributed by atoms with van der Waals surface area (Å²) in [5.41, 5.74) is 0.612. The van der Waals surface area contributed by atoms with Crippen LogP contribution in [0.3, 0.4) is 0 Å². The summed E-state index contributed by atoms with van der Waals surface area (Å²) >= 11 is 13.0. The Morgan fingerprint density at radius 3 is 2.07 bits per heavy atom. The number of carbonyl (C=O) groups is 2. The molecule has 0 N–H and O–H groups in total. The molecule has 0 aliphatic carbocycles. The predicted octanol–water partition coefficient (Wildman–Crippen LogP) is 3.45. The van der Waals surface area contributed by atoms with Crippen molar-refractivity contribution < 1.29 is 33.3 Å². The third kappa shape index (κ3) is 3.70. The molecule has 2 aromatic rings. The largest absolute Gasteiger partial charge is 0.493 e. The van der Waals surface area contributed by atoms with Crippen LogP contribution in [0.1, 0.15) is 10.5 Å². The Morgan fingerprint density at radius 1 is 0.929 bits per heavy atom. The van der Waals surface area contributed by atoms with Crippen LogP contribution in [0, 0.1) is 0 Å². The van der Waals surface area contributed by atoms with Gasteiger partial charge < -0.3 is 28.3 Å². The second-order valence-electron chi connectivity index (χ2n) is 5.36. The van der Waals surface area contributed by atoms with Crippen LogP contribution in [0.4, 0.5) is 0 Å². The zero-order valence-corrected chi connectivity index (χ0v) is 17.4. The summed E-state index contributed by atoms with van der Waals surface area (Å²) in [5, 5.41) is 0.0209. The lowest BCUT2D eigenvalue weighted by Gasteiger charge is -2.16. The van der Waals surface area contributed by atoms with Gasteiger partial charge in [0.15, 0.2) is 11.5 Å². The number of esters is 2. The molecule has 152 valence electrons. The Hall–Kier alpha value is -2.58. The van der Waals surface area contributed by atoms with E-state index in [9.17, 15) is 9.59 Å². The highest BCUT2D eigenvalue weighted by molar-refractivity contribution is 6.41. The van der Waals surface area contributed by atoms with E-state index in [4.69, 9.17) is 42.1 Å². The van der Waals surface area contributed by atoms with Crippen molar-refractivity contribution in [1.82, 2.24) is 4.57 Å². The first-order valence-electron chi connectivity index (χ1n) is 7.88. The first-order chi connectivity index (χ1) is 13.4. The quantitative estimate of drug-likeness (QED) is 0.620. The van der Waals surface area contributed by atoms with Crippen molar-refractivity contribution in [3.8, 4) is 28.4 Å². The number of methoxy groups -OCH3 is 5. The smallest absolute Gasteiger partial charge is 0.356 e. The normalized spacial score (nSPS) is 10.4. The van der Waals surface area contributed by atoms with Crippen LogP contribution in [-0.4, -0.2) is 52.1 Å². The fourth-order valence-electron chi connectivity index (χ4n) is 2.73. The van der Waals surface area contributed by atoms with Gasteiger partial charge in [-0.05, 0) is 12.1 Å². The van der Waals surface area contributed by atoms with Gasteiger partial charge in [0.2, 0.25) is 5.75 Å². The van der Waals surface area contributed by atoms with Gasteiger partial charge in [0, 0.05) is 11.1 Å². The maximum Gasteiger partial charge on any atom is 0.356 e. The Kier molecular flexibility index (Phi) is 7.04. The molecule has 0 aliphatic heterocycles. The lowest BCUT2D eigenvalue weighted by molar-refractivity contribution is -0.141. The fourth-order valence-corrected chi connectivity index (χ4v) is 3.49. The minimum Gasteiger partial charge on any atom is -0.493 e. The van der Waals surface area contributed by atoms with Crippen LogP contribution in [0.2, 0.25) is 10.2 Å². The van der Waals surface area contributed by atoms with E-state index in [2.05, 4.69) is 4.74 Å². The molecule has 0 radical (unpaired) electrons. The lowest BCUT2D eigenvalue weighted by Crippen LogP contribution is -2.17. The molecule has 0 saturated heterocycles. The number of ether oxygens (including phenoxy) is 5. The predicted molar refractivity (Wildman–Crippen MR) is 103 cm³/mol. The molecule has 0 saturated carbocycles. The summed E-state index contributed by atoms with van der Waals surface area (Å²) < 4.78 is 26.8. The summed E-state index contributed by atoms with van der Waals surface area (Å²) in [6, 6.07) is 3.29. The van der Waals surface area contributed by atoms with Gasteiger partial charge in [-0.15, -0.1) is 0 Å². The van der Waals surface area contributed by atoms with Gasteiger partial charge in [-0.25, -0.2) is 4.79 Å². The summed E-state index contributed by atoms with van der Waals surface area (Å²) in [5.74, 6) is -0.351. The molecule has 10 heteroatoms. The number of hydrogen-bond donors (Lipinski definition) is 0. The van der Waals surface area contributed by atoms with Crippen LogP contribution in [0.15, 0.2) is 12.1 Å². The van der Waals surface area contributed by atoms with Crippen molar-refractivity contribution >= 4 is 35.1 Å². The molecule has 0 fully saturated rings. The molecule has 0 aliphatic rings. The summed E-state index contributed by atoms with van der Waals surface area (Å²) in [7, 11) is 6.79. The van der Waals surface area contributed by atoms with E-state index in [0.29, 0.717) is 17.1 Å². The number of carbonyl (C=O) groups excluding carboxylic acids is 2. The molecule has 0 amide bonds. The van der Waals surface area contributed by atoms with Crippen molar-refractivity contribution in [2.24, 2.45) is 0 Å². The van der Waals surface area contributed by atoms with Gasteiger partial charge in [0.05, 0.1) is 40.6 Å². The van der Waals surface area contributed by atoms with Gasteiger partial charge in [0.25, 0.3) is 0 Å². The van der Waals surface area contributed by atoms with Crippen LogP contribution in [0.25, 0.3) is 11.1 Å². The number of rotatable bonds is 7. The minimum absolute atomic E-state index is 0.00808. The summed E-state index contributed by atoms with van der Waals surface area (Å²) in [4.78, 5) is 24.1. The monoisotopic (exact) mass is 431 g/mol. The Bertz CT molecular complexity index is 908. The van der Waals surface area contributed by atoms with Crippen LogP contribution in [-0.2, 0) is 20.8 Å². The van der Waals surface area contributed by atoms with E-state index < -0.39 is 11.9 Å². The molecule has 0 bridgehead atoms. The van der Waals surface area contributed by atoms with Crippen molar-refractivity contribution in [2.45, 2.75) is 6.54 Å². The van der Waals surface area contributed by atoms with Gasteiger partial charge in [-0.3, -0.25) is 4.79 Å². The molecule has 0 spiro atoms. The molecular formula is C18H19Cl2NO7. The maximum absolute atomic E-state index is 12.3. The third-order valence-corrected chi connectivity index (χ3v) is 4.77. The van der Waals surface area contributed by atoms with Crippen molar-refractivity contribution in [2.75, 3.05) is 35.5 Å². The van der Waals surface area contributed by atoms with Crippen LogP contribution < -0.4 is 14.2 Å². The number of hydrogen-bond acceptors (Lipinski definition) is 7. The highest BCUT2D eigenvalue weighted by atomic mass is 35.5. The number of benzene rings is 1. The molecule has 2 rings (SSSR count). The van der Waals surface area contributed by atoms with Crippen molar-refractivity contribution in [3.05, 3.63) is 28.0 Å². The Labute approximate surface area is 171 Å². The topological polar surface area (TPSA) is 85.2 Å². The molecule has 8 nitrogen and oxygen atoms in total. The number of halogens is 2. The number of nitrogens with zero attached hydrogens (tertiary/aromatic N) is 1. The molecule has 0 unspecified atom stereocenters. The third-order valence-electron chi connectivity index (χ3n) is 4.01. The fraction of sp³-hybridized carbons (Fsp3) is 0.333. The maximum atomic E-state index is 12.3. The number of aromatic nitrogens is 1. The van der Waals surface area contributed by atoms with Gasteiger partial charge in [-0.1, -0.05) is 23.2 Å². The average Bonchev–Trinajstić information content (AvgIpc) is 2.95. The van der Waals surface area contributed by atoms with Gasteiger partial charge >= 0.3 is 11.9 Å². The van der Waals surface area contributed by atoms with Gasteiger partial charge in [0.1, 0.15) is 17.4 Å². The Balaban J connectivity index is 2.83. The van der Waals surface area contributed by atoms with E-state index in [1.807, 2.05) is 0 Å². The van der Waals surface area contributed by atoms with Crippen molar-refractivity contribution in [1.29, 1.82) is 0 Å². The van der Waals surface area contributed by atoms with E-state index >= 15 is 0 Å². The Morgan fingerprint density at radius 2 is 1.57 bits per heavy atom. The standard InChI is InChI=1S/C18H19Cl2NO7/c1-24-10-7-6-9(15(26-3)16(10)27-4)12-13(19)14(18(23)28-5)21(17(12)20)8-11(22)25-2/h6-7H,8H2,1-5H3. The highest BCUT2D eigenvalue weighted by Gasteiger charge is 2.31. The minimum atomic E-state index is -0.763.